The Morgan fingerprint density at radius 3 is 2.94 bits per heavy atom. The fourth-order valence-electron chi connectivity index (χ4n) is 1.39. The zero-order valence-corrected chi connectivity index (χ0v) is 13.0. The molecule has 1 aromatic carbocycles. The van der Waals surface area contributed by atoms with E-state index in [4.69, 9.17) is 16.1 Å². The van der Waals surface area contributed by atoms with Gasteiger partial charge in [0.2, 0.25) is 0 Å². The van der Waals surface area contributed by atoms with Gasteiger partial charge in [-0.25, -0.2) is 0 Å². The van der Waals surface area contributed by atoms with Gasteiger partial charge in [-0.2, -0.15) is 4.98 Å². The third-order valence-corrected chi connectivity index (χ3v) is 3.47. The van der Waals surface area contributed by atoms with E-state index in [2.05, 4.69) is 51.9 Å². The summed E-state index contributed by atoms with van der Waals surface area (Å²) in [7, 11) is 0. The molecule has 2 aromatic rings. The van der Waals surface area contributed by atoms with Gasteiger partial charge in [0.05, 0.1) is 12.1 Å². The second kappa shape index (κ2) is 5.99. The SMILES string of the molecule is CC(C)NCc1noc(-c2cc(Cl)ccc2I)n1. The number of nitrogens with one attached hydrogen (secondary N) is 1. The molecule has 6 heteroatoms. The quantitative estimate of drug-likeness (QED) is 0.829. The highest BCUT2D eigenvalue weighted by Crippen LogP contribution is 2.26. The second-order valence-electron chi connectivity index (χ2n) is 4.18. The van der Waals surface area contributed by atoms with Crippen LogP contribution >= 0.6 is 34.2 Å². The molecule has 0 amide bonds. The highest BCUT2D eigenvalue weighted by molar-refractivity contribution is 14.1. The molecule has 0 saturated heterocycles. The van der Waals surface area contributed by atoms with Gasteiger partial charge in [-0.3, -0.25) is 0 Å². The van der Waals surface area contributed by atoms with E-state index in [9.17, 15) is 0 Å². The van der Waals surface area contributed by atoms with Crippen molar-refractivity contribution < 1.29 is 4.52 Å². The maximum absolute atomic E-state index is 5.97. The minimum atomic E-state index is 0.387. The van der Waals surface area contributed by atoms with Crippen molar-refractivity contribution in [1.82, 2.24) is 15.5 Å². The van der Waals surface area contributed by atoms with Crippen LogP contribution in [0.1, 0.15) is 19.7 Å². The number of hydrogen-bond acceptors (Lipinski definition) is 4. The van der Waals surface area contributed by atoms with E-state index >= 15 is 0 Å². The maximum atomic E-state index is 5.97. The van der Waals surface area contributed by atoms with Gasteiger partial charge < -0.3 is 9.84 Å². The van der Waals surface area contributed by atoms with Crippen molar-refractivity contribution in [2.75, 3.05) is 0 Å². The zero-order chi connectivity index (χ0) is 13.1. The molecule has 0 aliphatic carbocycles. The molecule has 0 saturated carbocycles. The Bertz CT molecular complexity index is 542. The predicted octanol–water partition coefficient (Wildman–Crippen LogP) is 3.49. The number of nitrogens with zero attached hydrogens (tertiary/aromatic N) is 2. The normalized spacial score (nSPS) is 11.2. The van der Waals surface area contributed by atoms with Gasteiger partial charge in [0.15, 0.2) is 5.82 Å². The zero-order valence-electron chi connectivity index (χ0n) is 10.1. The monoisotopic (exact) mass is 377 g/mol. The Hall–Kier alpha value is -0.660. The van der Waals surface area contributed by atoms with Crippen molar-refractivity contribution in [3.8, 4) is 11.5 Å². The molecular weight excluding hydrogens is 365 g/mol. The molecular formula is C12H13ClIN3O. The molecule has 18 heavy (non-hydrogen) atoms. The van der Waals surface area contributed by atoms with Crippen LogP contribution in [0.15, 0.2) is 22.7 Å². The van der Waals surface area contributed by atoms with E-state index in [0.717, 1.165) is 9.13 Å². The third kappa shape index (κ3) is 3.43. The van der Waals surface area contributed by atoms with Gasteiger partial charge in [0.1, 0.15) is 0 Å². The summed E-state index contributed by atoms with van der Waals surface area (Å²) in [5.74, 6) is 1.15. The molecule has 96 valence electrons. The van der Waals surface area contributed by atoms with E-state index < -0.39 is 0 Å². The summed E-state index contributed by atoms with van der Waals surface area (Å²) < 4.78 is 6.29. The number of benzene rings is 1. The molecule has 0 fully saturated rings. The van der Waals surface area contributed by atoms with Crippen LogP contribution in [-0.4, -0.2) is 16.2 Å². The van der Waals surface area contributed by atoms with Gasteiger partial charge in [-0.05, 0) is 40.8 Å². The molecule has 1 N–H and O–H groups in total. The highest BCUT2D eigenvalue weighted by atomic mass is 127. The summed E-state index contributed by atoms with van der Waals surface area (Å²) in [5, 5.41) is 7.84. The number of aromatic nitrogens is 2. The Morgan fingerprint density at radius 2 is 2.22 bits per heavy atom. The first-order chi connectivity index (χ1) is 8.56. The van der Waals surface area contributed by atoms with Crippen molar-refractivity contribution in [3.05, 3.63) is 32.6 Å². The lowest BCUT2D eigenvalue weighted by Gasteiger charge is -2.03. The van der Waals surface area contributed by atoms with Gasteiger partial charge in [-0.15, -0.1) is 0 Å². The molecule has 0 bridgehead atoms. The largest absolute Gasteiger partial charge is 0.334 e. The average molecular weight is 378 g/mol. The summed E-state index contributed by atoms with van der Waals surface area (Å²) in [5.41, 5.74) is 0.867. The molecule has 0 spiro atoms. The van der Waals surface area contributed by atoms with Crippen LogP contribution in [0.2, 0.25) is 5.02 Å². The van der Waals surface area contributed by atoms with E-state index in [1.807, 2.05) is 18.2 Å². The molecule has 0 aliphatic heterocycles. The Kier molecular flexibility index (Phi) is 4.58. The number of rotatable bonds is 4. The molecule has 1 heterocycles. The van der Waals surface area contributed by atoms with Crippen LogP contribution in [0.4, 0.5) is 0 Å². The minimum absolute atomic E-state index is 0.387. The molecule has 0 unspecified atom stereocenters. The van der Waals surface area contributed by atoms with Crippen LogP contribution in [0.25, 0.3) is 11.5 Å². The van der Waals surface area contributed by atoms with Crippen LogP contribution in [0.5, 0.6) is 0 Å². The third-order valence-electron chi connectivity index (χ3n) is 2.30. The standard InChI is InChI=1S/C12H13ClIN3O/c1-7(2)15-6-11-16-12(18-17-11)9-5-8(13)3-4-10(9)14/h3-5,7,15H,6H2,1-2H3. The van der Waals surface area contributed by atoms with E-state index in [-0.39, 0.29) is 0 Å². The summed E-state index contributed by atoms with van der Waals surface area (Å²) in [6.45, 7) is 4.74. The molecule has 2 rings (SSSR count). The van der Waals surface area contributed by atoms with Crippen LogP contribution < -0.4 is 5.32 Å². The Morgan fingerprint density at radius 1 is 1.44 bits per heavy atom. The fourth-order valence-corrected chi connectivity index (χ4v) is 2.13. The average Bonchev–Trinajstić information content (AvgIpc) is 2.78. The van der Waals surface area contributed by atoms with Gasteiger partial charge in [0.25, 0.3) is 5.89 Å². The van der Waals surface area contributed by atoms with Crippen LogP contribution in [0, 0.1) is 3.57 Å². The molecule has 4 nitrogen and oxygen atoms in total. The molecule has 0 atom stereocenters. The predicted molar refractivity (Wildman–Crippen MR) is 79.4 cm³/mol. The lowest BCUT2D eigenvalue weighted by atomic mass is 10.2. The van der Waals surface area contributed by atoms with Crippen LogP contribution in [-0.2, 0) is 6.54 Å². The number of hydrogen-bond donors (Lipinski definition) is 1. The Balaban J connectivity index is 2.21. The summed E-state index contributed by atoms with van der Waals surface area (Å²) in [4.78, 5) is 4.35. The highest BCUT2D eigenvalue weighted by Gasteiger charge is 2.12. The van der Waals surface area contributed by atoms with Crippen molar-refractivity contribution in [2.45, 2.75) is 26.4 Å². The first-order valence-electron chi connectivity index (χ1n) is 5.57. The molecule has 1 aromatic heterocycles. The fraction of sp³-hybridized carbons (Fsp3) is 0.333. The summed E-state index contributed by atoms with van der Waals surface area (Å²) in [6, 6.07) is 5.98. The molecule has 0 aliphatic rings. The van der Waals surface area contributed by atoms with Gasteiger partial charge in [-0.1, -0.05) is 30.6 Å². The van der Waals surface area contributed by atoms with Crippen molar-refractivity contribution >= 4 is 34.2 Å². The Labute approximate surface area is 124 Å². The van der Waals surface area contributed by atoms with Crippen molar-refractivity contribution in [2.24, 2.45) is 0 Å². The van der Waals surface area contributed by atoms with E-state index in [1.165, 1.54) is 0 Å². The lowest BCUT2D eigenvalue weighted by Crippen LogP contribution is -2.22. The van der Waals surface area contributed by atoms with Gasteiger partial charge >= 0.3 is 0 Å². The second-order valence-corrected chi connectivity index (χ2v) is 5.77. The van der Waals surface area contributed by atoms with E-state index in [1.54, 1.807) is 0 Å². The summed E-state index contributed by atoms with van der Waals surface area (Å²) >= 11 is 8.19. The van der Waals surface area contributed by atoms with Gasteiger partial charge in [0, 0.05) is 14.6 Å². The maximum Gasteiger partial charge on any atom is 0.259 e. The van der Waals surface area contributed by atoms with E-state index in [0.29, 0.717) is 29.3 Å². The lowest BCUT2D eigenvalue weighted by molar-refractivity contribution is 0.417. The molecule has 0 radical (unpaired) electrons. The first kappa shape index (κ1) is 13.8. The van der Waals surface area contributed by atoms with Crippen molar-refractivity contribution in [1.29, 1.82) is 0 Å². The van der Waals surface area contributed by atoms with Crippen molar-refractivity contribution in [3.63, 3.8) is 0 Å². The number of halogens is 2. The first-order valence-corrected chi connectivity index (χ1v) is 7.03. The topological polar surface area (TPSA) is 51.0 Å². The smallest absolute Gasteiger partial charge is 0.259 e. The summed E-state index contributed by atoms with van der Waals surface area (Å²) in [6.07, 6.45) is 0. The minimum Gasteiger partial charge on any atom is -0.334 e. The van der Waals surface area contributed by atoms with Crippen LogP contribution in [0.3, 0.4) is 0 Å².